The summed E-state index contributed by atoms with van der Waals surface area (Å²) in [6.45, 7) is 5.51. The molecule has 1 saturated heterocycles. The number of aromatic nitrogens is 1. The van der Waals surface area contributed by atoms with Crippen molar-refractivity contribution in [2.75, 3.05) is 43.0 Å². The summed E-state index contributed by atoms with van der Waals surface area (Å²) in [4.78, 5) is 20.6. The van der Waals surface area contributed by atoms with Gasteiger partial charge in [0.15, 0.2) is 5.11 Å². The van der Waals surface area contributed by atoms with Crippen LogP contribution in [-0.4, -0.2) is 53.8 Å². The van der Waals surface area contributed by atoms with Crippen LogP contribution in [0.4, 0.5) is 11.5 Å². The zero-order valence-electron chi connectivity index (χ0n) is 14.7. The van der Waals surface area contributed by atoms with Crippen molar-refractivity contribution in [1.82, 2.24) is 9.88 Å². The lowest BCUT2D eigenvalue weighted by atomic mass is 10.2. The molecule has 7 heteroatoms. The number of carbonyl (C=O) groups excluding carboxylic acids is 1. The highest BCUT2D eigenvalue weighted by Gasteiger charge is 2.20. The average Bonchev–Trinajstić information content (AvgIpc) is 2.69. The van der Waals surface area contributed by atoms with Gasteiger partial charge in [0.05, 0.1) is 12.2 Å². The van der Waals surface area contributed by atoms with Crippen LogP contribution in [0.25, 0.3) is 0 Å². The Labute approximate surface area is 158 Å². The fraction of sp³-hybridized carbons (Fsp3) is 0.316. The monoisotopic (exact) mass is 370 g/mol. The highest BCUT2D eigenvalue weighted by atomic mass is 32.1. The van der Waals surface area contributed by atoms with Gasteiger partial charge >= 0.3 is 5.97 Å². The molecule has 1 fully saturated rings. The van der Waals surface area contributed by atoms with E-state index < -0.39 is 0 Å². The first-order valence-corrected chi connectivity index (χ1v) is 9.07. The molecule has 6 nitrogen and oxygen atoms in total. The zero-order valence-corrected chi connectivity index (χ0v) is 15.5. The van der Waals surface area contributed by atoms with Crippen LogP contribution in [-0.2, 0) is 4.74 Å². The molecule has 1 aliphatic heterocycles. The van der Waals surface area contributed by atoms with Gasteiger partial charge in [-0.1, -0.05) is 12.1 Å². The average molecular weight is 370 g/mol. The Bertz CT molecular complexity index is 761. The van der Waals surface area contributed by atoms with Gasteiger partial charge in [0.2, 0.25) is 0 Å². The first-order valence-electron chi connectivity index (χ1n) is 8.66. The molecule has 26 heavy (non-hydrogen) atoms. The van der Waals surface area contributed by atoms with Crippen molar-refractivity contribution in [3.63, 3.8) is 0 Å². The number of nitrogens with one attached hydrogen (secondary N) is 1. The minimum Gasteiger partial charge on any atom is -0.462 e. The summed E-state index contributed by atoms with van der Waals surface area (Å²) in [5.41, 5.74) is 1.30. The second-order valence-electron chi connectivity index (χ2n) is 5.89. The minimum absolute atomic E-state index is 0.328. The van der Waals surface area contributed by atoms with Crippen LogP contribution >= 0.6 is 12.2 Å². The molecule has 136 valence electrons. The van der Waals surface area contributed by atoms with Crippen LogP contribution in [0.5, 0.6) is 0 Å². The van der Waals surface area contributed by atoms with E-state index in [9.17, 15) is 4.79 Å². The Morgan fingerprint density at radius 3 is 2.69 bits per heavy atom. The number of ether oxygens (including phenoxy) is 1. The molecule has 0 saturated carbocycles. The van der Waals surface area contributed by atoms with Crippen LogP contribution in [0, 0.1) is 0 Å². The lowest BCUT2D eigenvalue weighted by Crippen LogP contribution is -2.50. The highest BCUT2D eigenvalue weighted by Crippen LogP contribution is 2.15. The van der Waals surface area contributed by atoms with Gasteiger partial charge in [-0.15, -0.1) is 0 Å². The summed E-state index contributed by atoms with van der Waals surface area (Å²) in [7, 11) is 0. The number of piperazine rings is 1. The number of hydrogen-bond acceptors (Lipinski definition) is 5. The third kappa shape index (κ3) is 4.49. The van der Waals surface area contributed by atoms with E-state index in [1.54, 1.807) is 19.1 Å². The molecule has 3 rings (SSSR count). The molecular weight excluding hydrogens is 348 g/mol. The SMILES string of the molecule is CCOC(=O)c1cccc(NC(=S)N2CCN(c3ccccn3)CC2)c1. The third-order valence-electron chi connectivity index (χ3n) is 4.17. The van der Waals surface area contributed by atoms with E-state index in [0.29, 0.717) is 17.3 Å². The first kappa shape index (κ1) is 18.1. The number of pyridine rings is 1. The predicted octanol–water partition coefficient (Wildman–Crippen LogP) is 2.78. The van der Waals surface area contributed by atoms with E-state index in [-0.39, 0.29) is 5.97 Å². The summed E-state index contributed by atoms with van der Waals surface area (Å²) >= 11 is 5.54. The molecule has 0 atom stereocenters. The molecule has 0 unspecified atom stereocenters. The van der Waals surface area contributed by atoms with Crippen molar-refractivity contribution in [2.24, 2.45) is 0 Å². The van der Waals surface area contributed by atoms with Crippen molar-refractivity contribution < 1.29 is 9.53 Å². The number of anilines is 2. The largest absolute Gasteiger partial charge is 0.462 e. The van der Waals surface area contributed by atoms with Gasteiger partial charge in [-0.3, -0.25) is 0 Å². The highest BCUT2D eigenvalue weighted by molar-refractivity contribution is 7.80. The van der Waals surface area contributed by atoms with Crippen molar-refractivity contribution in [3.8, 4) is 0 Å². The van der Waals surface area contributed by atoms with Gasteiger partial charge in [-0.2, -0.15) is 0 Å². The summed E-state index contributed by atoms with van der Waals surface area (Å²) in [6.07, 6.45) is 1.81. The predicted molar refractivity (Wildman–Crippen MR) is 107 cm³/mol. The van der Waals surface area contributed by atoms with Crippen molar-refractivity contribution >= 4 is 34.8 Å². The molecule has 2 aromatic rings. The lowest BCUT2D eigenvalue weighted by Gasteiger charge is -2.36. The topological polar surface area (TPSA) is 57.7 Å². The lowest BCUT2D eigenvalue weighted by molar-refractivity contribution is 0.0526. The van der Waals surface area contributed by atoms with Gasteiger partial charge in [0.25, 0.3) is 0 Å². The summed E-state index contributed by atoms with van der Waals surface area (Å²) in [5.74, 6) is 0.666. The van der Waals surface area contributed by atoms with Gasteiger partial charge in [-0.05, 0) is 49.5 Å². The Morgan fingerprint density at radius 2 is 2.00 bits per heavy atom. The Hall–Kier alpha value is -2.67. The van der Waals surface area contributed by atoms with E-state index >= 15 is 0 Å². The number of esters is 1. The molecule has 0 aliphatic carbocycles. The molecule has 0 spiro atoms. The van der Waals surface area contributed by atoms with E-state index in [4.69, 9.17) is 17.0 Å². The second kappa shape index (κ2) is 8.62. The molecular formula is C19H22N4O2S. The maximum Gasteiger partial charge on any atom is 0.338 e. The smallest absolute Gasteiger partial charge is 0.338 e. The van der Waals surface area contributed by atoms with E-state index in [2.05, 4.69) is 20.1 Å². The fourth-order valence-corrected chi connectivity index (χ4v) is 3.12. The normalized spacial score (nSPS) is 14.0. The van der Waals surface area contributed by atoms with Crippen molar-refractivity contribution in [3.05, 3.63) is 54.2 Å². The van der Waals surface area contributed by atoms with Crippen LogP contribution in [0.15, 0.2) is 48.7 Å². The van der Waals surface area contributed by atoms with Crippen LogP contribution in [0.2, 0.25) is 0 Å². The van der Waals surface area contributed by atoms with Crippen LogP contribution in [0.1, 0.15) is 17.3 Å². The molecule has 2 heterocycles. The van der Waals surface area contributed by atoms with Gasteiger partial charge in [-0.25, -0.2) is 9.78 Å². The molecule has 0 bridgehead atoms. The Kier molecular flexibility index (Phi) is 6.01. The molecule has 1 aromatic heterocycles. The molecule has 1 aromatic carbocycles. The summed E-state index contributed by atoms with van der Waals surface area (Å²) in [6, 6.07) is 13.1. The standard InChI is InChI=1S/C19H22N4O2S/c1-2-25-18(24)15-6-5-7-16(14-15)21-19(26)23-12-10-22(11-13-23)17-8-3-4-9-20-17/h3-9,14H,2,10-13H2,1H3,(H,21,26). The quantitative estimate of drug-likeness (QED) is 0.656. The summed E-state index contributed by atoms with van der Waals surface area (Å²) < 4.78 is 5.04. The first-order chi connectivity index (χ1) is 12.7. The number of nitrogens with zero attached hydrogens (tertiary/aromatic N) is 3. The fourth-order valence-electron chi connectivity index (χ4n) is 2.82. The number of benzene rings is 1. The van der Waals surface area contributed by atoms with E-state index in [0.717, 1.165) is 37.7 Å². The number of thiocarbonyl (C=S) groups is 1. The maximum atomic E-state index is 11.9. The third-order valence-corrected chi connectivity index (χ3v) is 4.53. The molecule has 0 amide bonds. The minimum atomic E-state index is -0.328. The van der Waals surface area contributed by atoms with E-state index in [1.165, 1.54) is 0 Å². The number of carbonyl (C=O) groups is 1. The molecule has 1 N–H and O–H groups in total. The number of rotatable bonds is 4. The van der Waals surface area contributed by atoms with Gasteiger partial charge in [0.1, 0.15) is 5.82 Å². The summed E-state index contributed by atoms with van der Waals surface area (Å²) in [5, 5.41) is 3.88. The van der Waals surface area contributed by atoms with Gasteiger partial charge in [0, 0.05) is 38.1 Å². The maximum absolute atomic E-state index is 11.9. The van der Waals surface area contributed by atoms with Crippen LogP contribution < -0.4 is 10.2 Å². The second-order valence-corrected chi connectivity index (χ2v) is 6.28. The Morgan fingerprint density at radius 1 is 1.19 bits per heavy atom. The van der Waals surface area contributed by atoms with Gasteiger partial charge < -0.3 is 19.9 Å². The van der Waals surface area contributed by atoms with Crippen LogP contribution in [0.3, 0.4) is 0 Å². The van der Waals surface area contributed by atoms with Crippen molar-refractivity contribution in [2.45, 2.75) is 6.92 Å². The van der Waals surface area contributed by atoms with Crippen molar-refractivity contribution in [1.29, 1.82) is 0 Å². The Balaban J connectivity index is 1.56. The molecule has 0 radical (unpaired) electrons. The number of hydrogen-bond donors (Lipinski definition) is 1. The zero-order chi connectivity index (χ0) is 18.4. The van der Waals surface area contributed by atoms with E-state index in [1.807, 2.05) is 36.5 Å². The molecule has 1 aliphatic rings.